The smallest absolute Gasteiger partial charge is 0.123 e. The van der Waals surface area contributed by atoms with Crippen molar-refractivity contribution >= 4 is 22.1 Å². The fourth-order valence-corrected chi connectivity index (χ4v) is 3.13. The molecule has 116 valence electrons. The van der Waals surface area contributed by atoms with E-state index in [9.17, 15) is 0 Å². The second kappa shape index (κ2) is 5.51. The minimum absolute atomic E-state index is 0.0335. The molecule has 1 aliphatic heterocycles. The fourth-order valence-electron chi connectivity index (χ4n) is 3.13. The molecule has 0 amide bonds. The fraction of sp³-hybridized carbons (Fsp3) is 0.200. The van der Waals surface area contributed by atoms with E-state index in [-0.39, 0.29) is 12.3 Å². The summed E-state index contributed by atoms with van der Waals surface area (Å²) in [6.45, 7) is 4.08. The SMILES string of the molecule is CC(C)Oc1cccc(C2Nc3cccc4cccc(c34)N2)c1. The first kappa shape index (κ1) is 13.9. The summed E-state index contributed by atoms with van der Waals surface area (Å²) >= 11 is 0. The Labute approximate surface area is 136 Å². The zero-order valence-electron chi connectivity index (χ0n) is 13.3. The molecule has 3 heteroatoms. The van der Waals surface area contributed by atoms with E-state index < -0.39 is 0 Å². The highest BCUT2D eigenvalue weighted by atomic mass is 16.5. The van der Waals surface area contributed by atoms with Crippen LogP contribution in [-0.4, -0.2) is 6.10 Å². The first-order chi connectivity index (χ1) is 11.2. The van der Waals surface area contributed by atoms with Gasteiger partial charge >= 0.3 is 0 Å². The van der Waals surface area contributed by atoms with Gasteiger partial charge in [-0.2, -0.15) is 0 Å². The average Bonchev–Trinajstić information content (AvgIpc) is 2.55. The second-order valence-corrected chi connectivity index (χ2v) is 6.17. The molecule has 0 saturated carbocycles. The lowest BCUT2D eigenvalue weighted by Gasteiger charge is -2.30. The Hall–Kier alpha value is -2.68. The third-order valence-corrected chi connectivity index (χ3v) is 4.07. The number of ether oxygens (including phenoxy) is 1. The van der Waals surface area contributed by atoms with Gasteiger partial charge in [0.1, 0.15) is 11.9 Å². The van der Waals surface area contributed by atoms with E-state index in [0.29, 0.717) is 0 Å². The summed E-state index contributed by atoms with van der Waals surface area (Å²) in [7, 11) is 0. The summed E-state index contributed by atoms with van der Waals surface area (Å²) in [6, 6.07) is 21.0. The predicted octanol–water partition coefficient (Wildman–Crippen LogP) is 5.16. The van der Waals surface area contributed by atoms with Crippen LogP contribution in [0.15, 0.2) is 60.7 Å². The first-order valence-corrected chi connectivity index (χ1v) is 8.02. The topological polar surface area (TPSA) is 33.3 Å². The van der Waals surface area contributed by atoms with Gasteiger partial charge in [-0.15, -0.1) is 0 Å². The van der Waals surface area contributed by atoms with E-state index in [1.54, 1.807) is 0 Å². The number of benzene rings is 3. The van der Waals surface area contributed by atoms with Crippen LogP contribution in [0, 0.1) is 0 Å². The molecular formula is C20H20N2O. The Balaban J connectivity index is 1.70. The van der Waals surface area contributed by atoms with Crippen LogP contribution in [0.5, 0.6) is 5.75 Å². The molecule has 2 N–H and O–H groups in total. The molecular weight excluding hydrogens is 284 g/mol. The third kappa shape index (κ3) is 2.59. The zero-order valence-corrected chi connectivity index (χ0v) is 13.3. The summed E-state index contributed by atoms with van der Waals surface area (Å²) in [5.41, 5.74) is 3.49. The molecule has 3 aromatic carbocycles. The molecule has 1 heterocycles. The molecule has 3 aromatic rings. The van der Waals surface area contributed by atoms with Crippen LogP contribution >= 0.6 is 0 Å². The summed E-state index contributed by atoms with van der Waals surface area (Å²) in [5.74, 6) is 0.901. The molecule has 0 atom stereocenters. The van der Waals surface area contributed by atoms with E-state index in [1.807, 2.05) is 26.0 Å². The van der Waals surface area contributed by atoms with Crippen LogP contribution in [-0.2, 0) is 0 Å². The van der Waals surface area contributed by atoms with E-state index >= 15 is 0 Å². The van der Waals surface area contributed by atoms with Gasteiger partial charge in [-0.25, -0.2) is 0 Å². The minimum atomic E-state index is 0.0335. The number of anilines is 2. The van der Waals surface area contributed by atoms with Crippen molar-refractivity contribution in [3.8, 4) is 5.75 Å². The van der Waals surface area contributed by atoms with Gasteiger partial charge in [-0.1, -0.05) is 36.4 Å². The van der Waals surface area contributed by atoms with Gasteiger partial charge in [0.05, 0.1) is 6.10 Å². The average molecular weight is 304 g/mol. The van der Waals surface area contributed by atoms with E-state index in [1.165, 1.54) is 10.8 Å². The van der Waals surface area contributed by atoms with Crippen molar-refractivity contribution in [1.29, 1.82) is 0 Å². The summed E-state index contributed by atoms with van der Waals surface area (Å²) in [6.07, 6.45) is 0.207. The normalized spacial score (nSPS) is 13.7. The van der Waals surface area contributed by atoms with E-state index in [4.69, 9.17) is 4.74 Å². The number of hydrogen-bond acceptors (Lipinski definition) is 3. The van der Waals surface area contributed by atoms with Crippen LogP contribution < -0.4 is 15.4 Å². The van der Waals surface area contributed by atoms with E-state index in [0.717, 1.165) is 22.7 Å². The summed E-state index contributed by atoms with van der Waals surface area (Å²) < 4.78 is 5.82. The standard InChI is InChI=1S/C20H20N2O/c1-13(2)23-16-9-3-8-15(12-16)20-21-17-10-4-6-14-7-5-11-18(22-20)19(14)17/h3-13,20-22H,1-2H3. The van der Waals surface area contributed by atoms with Gasteiger partial charge in [0, 0.05) is 16.8 Å². The number of rotatable bonds is 3. The molecule has 0 unspecified atom stereocenters. The lowest BCUT2D eigenvalue weighted by molar-refractivity contribution is 0.242. The molecule has 0 fully saturated rings. The van der Waals surface area contributed by atoms with Crippen LogP contribution in [0.3, 0.4) is 0 Å². The monoisotopic (exact) mass is 304 g/mol. The molecule has 0 radical (unpaired) electrons. The Bertz CT molecular complexity index is 816. The Morgan fingerprint density at radius 1 is 0.870 bits per heavy atom. The van der Waals surface area contributed by atoms with Crippen molar-refractivity contribution in [2.75, 3.05) is 10.6 Å². The van der Waals surface area contributed by atoms with Crippen molar-refractivity contribution in [1.82, 2.24) is 0 Å². The van der Waals surface area contributed by atoms with Crippen LogP contribution in [0.4, 0.5) is 11.4 Å². The van der Waals surface area contributed by atoms with Crippen LogP contribution in [0.25, 0.3) is 10.8 Å². The van der Waals surface area contributed by atoms with Gasteiger partial charge in [-0.05, 0) is 49.1 Å². The van der Waals surface area contributed by atoms with Crippen molar-refractivity contribution in [3.63, 3.8) is 0 Å². The molecule has 3 nitrogen and oxygen atoms in total. The van der Waals surface area contributed by atoms with Crippen molar-refractivity contribution < 1.29 is 4.74 Å². The van der Waals surface area contributed by atoms with Gasteiger partial charge < -0.3 is 15.4 Å². The molecule has 23 heavy (non-hydrogen) atoms. The number of nitrogens with one attached hydrogen (secondary N) is 2. The predicted molar refractivity (Wildman–Crippen MR) is 96.1 cm³/mol. The molecule has 1 aliphatic rings. The number of hydrogen-bond donors (Lipinski definition) is 2. The molecule has 0 aromatic heterocycles. The molecule has 0 saturated heterocycles. The lowest BCUT2D eigenvalue weighted by Crippen LogP contribution is -2.23. The first-order valence-electron chi connectivity index (χ1n) is 8.02. The van der Waals surface area contributed by atoms with Gasteiger partial charge in [0.2, 0.25) is 0 Å². The molecule has 0 aliphatic carbocycles. The maximum absolute atomic E-state index is 5.82. The summed E-state index contributed by atoms with van der Waals surface area (Å²) in [4.78, 5) is 0. The largest absolute Gasteiger partial charge is 0.491 e. The van der Waals surface area contributed by atoms with Gasteiger partial charge in [0.15, 0.2) is 0 Å². The van der Waals surface area contributed by atoms with E-state index in [2.05, 4.69) is 59.2 Å². The highest BCUT2D eigenvalue weighted by molar-refractivity contribution is 6.04. The Kier molecular flexibility index (Phi) is 3.34. The van der Waals surface area contributed by atoms with Crippen molar-refractivity contribution in [2.45, 2.75) is 26.1 Å². The quantitative estimate of drug-likeness (QED) is 0.701. The van der Waals surface area contributed by atoms with Gasteiger partial charge in [-0.3, -0.25) is 0 Å². The van der Waals surface area contributed by atoms with Crippen molar-refractivity contribution in [3.05, 3.63) is 66.2 Å². The molecule has 0 spiro atoms. The molecule has 0 bridgehead atoms. The Morgan fingerprint density at radius 2 is 1.52 bits per heavy atom. The van der Waals surface area contributed by atoms with Crippen molar-refractivity contribution in [2.24, 2.45) is 0 Å². The maximum atomic E-state index is 5.82. The Morgan fingerprint density at radius 3 is 2.17 bits per heavy atom. The van der Waals surface area contributed by atoms with Crippen LogP contribution in [0.1, 0.15) is 25.6 Å². The zero-order chi connectivity index (χ0) is 15.8. The highest BCUT2D eigenvalue weighted by Gasteiger charge is 2.20. The second-order valence-electron chi connectivity index (χ2n) is 6.17. The summed E-state index contributed by atoms with van der Waals surface area (Å²) in [5, 5.41) is 9.68. The minimum Gasteiger partial charge on any atom is -0.491 e. The molecule has 4 rings (SSSR count). The van der Waals surface area contributed by atoms with Crippen LogP contribution in [0.2, 0.25) is 0 Å². The highest BCUT2D eigenvalue weighted by Crippen LogP contribution is 2.38. The third-order valence-electron chi connectivity index (χ3n) is 4.07. The maximum Gasteiger partial charge on any atom is 0.123 e. The van der Waals surface area contributed by atoms with Gasteiger partial charge in [0.25, 0.3) is 0 Å². The lowest BCUT2D eigenvalue weighted by atomic mass is 10.0.